The molecule has 0 saturated heterocycles. The smallest absolute Gasteiger partial charge is 0.279 e. The van der Waals surface area contributed by atoms with Crippen LogP contribution >= 0.6 is 11.6 Å². The van der Waals surface area contributed by atoms with Gasteiger partial charge < -0.3 is 4.52 Å². The van der Waals surface area contributed by atoms with E-state index in [0.717, 1.165) is 44.7 Å². The molecule has 2 aromatic heterocycles. The molecule has 0 aliphatic carbocycles. The molecule has 0 N–H and O–H groups in total. The summed E-state index contributed by atoms with van der Waals surface area (Å²) in [7, 11) is 0. The van der Waals surface area contributed by atoms with Crippen molar-refractivity contribution in [1.82, 2.24) is 24.8 Å². The zero-order chi connectivity index (χ0) is 14.1. The topological polar surface area (TPSA) is 60.0 Å². The minimum atomic E-state index is 0.398. The van der Waals surface area contributed by atoms with Gasteiger partial charge in [0, 0.05) is 19.6 Å². The number of hydrogen-bond donors (Lipinski definition) is 0. The fourth-order valence-electron chi connectivity index (χ4n) is 2.58. The monoisotopic (exact) mass is 295 g/mol. The molecular formula is C13H18ClN5O. The van der Waals surface area contributed by atoms with Gasteiger partial charge in [-0.15, -0.1) is 0 Å². The van der Waals surface area contributed by atoms with Crippen molar-refractivity contribution in [3.8, 4) is 11.6 Å². The average Bonchev–Trinajstić information content (AvgIpc) is 2.90. The summed E-state index contributed by atoms with van der Waals surface area (Å²) < 4.78 is 7.16. The minimum Gasteiger partial charge on any atom is -0.332 e. The third-order valence-electron chi connectivity index (χ3n) is 3.48. The molecule has 0 saturated carbocycles. The van der Waals surface area contributed by atoms with Crippen molar-refractivity contribution in [1.29, 1.82) is 0 Å². The van der Waals surface area contributed by atoms with Crippen LogP contribution in [0.1, 0.15) is 31.3 Å². The molecule has 2 aromatic rings. The second kappa shape index (κ2) is 5.54. The van der Waals surface area contributed by atoms with Gasteiger partial charge in [0.1, 0.15) is 0 Å². The van der Waals surface area contributed by atoms with Crippen molar-refractivity contribution in [2.24, 2.45) is 0 Å². The predicted octanol–water partition coefficient (Wildman–Crippen LogP) is 2.51. The fourth-order valence-corrected chi connectivity index (χ4v) is 2.86. The normalized spacial score (nSPS) is 16.1. The summed E-state index contributed by atoms with van der Waals surface area (Å²) in [5.74, 6) is 0.988. The second-order valence-corrected chi connectivity index (χ2v) is 5.49. The number of aromatic nitrogens is 4. The number of nitrogens with zero attached hydrogens (tertiary/aromatic N) is 5. The molecule has 7 heteroatoms. The molecule has 1 aliphatic rings. The highest BCUT2D eigenvalue weighted by Gasteiger charge is 2.24. The molecule has 0 aromatic carbocycles. The van der Waals surface area contributed by atoms with Gasteiger partial charge in [0.2, 0.25) is 0 Å². The first-order valence-corrected chi connectivity index (χ1v) is 7.35. The molecule has 0 radical (unpaired) electrons. The van der Waals surface area contributed by atoms with Crippen molar-refractivity contribution in [3.05, 3.63) is 16.5 Å². The van der Waals surface area contributed by atoms with Crippen molar-refractivity contribution in [2.75, 3.05) is 13.1 Å². The van der Waals surface area contributed by atoms with E-state index < -0.39 is 0 Å². The number of aryl methyl sites for hydroxylation is 2. The van der Waals surface area contributed by atoms with E-state index in [0.29, 0.717) is 22.4 Å². The van der Waals surface area contributed by atoms with Crippen molar-refractivity contribution >= 4 is 11.6 Å². The Balaban J connectivity index is 1.95. The van der Waals surface area contributed by atoms with E-state index in [1.807, 2.05) is 4.68 Å². The van der Waals surface area contributed by atoms with E-state index in [9.17, 15) is 0 Å². The number of halogens is 1. The zero-order valence-corrected chi connectivity index (χ0v) is 12.5. The Bertz CT molecular complexity index is 606. The zero-order valence-electron chi connectivity index (χ0n) is 11.8. The molecule has 0 amide bonds. The summed E-state index contributed by atoms with van der Waals surface area (Å²) in [6, 6.07) is 0. The molecule has 20 heavy (non-hydrogen) atoms. The lowest BCUT2D eigenvalue weighted by Gasteiger charge is -2.18. The molecule has 0 fully saturated rings. The summed E-state index contributed by atoms with van der Waals surface area (Å²) in [5, 5.41) is 8.98. The van der Waals surface area contributed by atoms with Crippen LogP contribution in [0.2, 0.25) is 5.02 Å². The quantitative estimate of drug-likeness (QED) is 0.871. The summed E-state index contributed by atoms with van der Waals surface area (Å²) >= 11 is 6.49. The van der Waals surface area contributed by atoms with Crippen LogP contribution in [0.25, 0.3) is 11.6 Å². The van der Waals surface area contributed by atoms with E-state index >= 15 is 0 Å². The fraction of sp³-hybridized carbons (Fsp3) is 0.615. The van der Waals surface area contributed by atoms with Gasteiger partial charge in [-0.25, -0.2) is 0 Å². The summed E-state index contributed by atoms with van der Waals surface area (Å²) in [4.78, 5) is 6.62. The van der Waals surface area contributed by atoms with Gasteiger partial charge in [-0.3, -0.25) is 9.58 Å². The number of fused-ring (bicyclic) bond motifs is 1. The Hall–Kier alpha value is -1.40. The number of hydrogen-bond acceptors (Lipinski definition) is 5. The molecule has 3 heterocycles. The van der Waals surface area contributed by atoms with Crippen LogP contribution in [0.5, 0.6) is 0 Å². The largest absolute Gasteiger partial charge is 0.332 e. The molecule has 0 atom stereocenters. The van der Waals surface area contributed by atoms with E-state index in [1.54, 1.807) is 6.92 Å². The molecule has 0 unspecified atom stereocenters. The average molecular weight is 296 g/mol. The van der Waals surface area contributed by atoms with Gasteiger partial charge in [-0.2, -0.15) is 10.1 Å². The maximum atomic E-state index is 6.49. The van der Waals surface area contributed by atoms with E-state index in [-0.39, 0.29) is 0 Å². The van der Waals surface area contributed by atoms with Crippen LogP contribution in [-0.4, -0.2) is 37.9 Å². The maximum Gasteiger partial charge on any atom is 0.279 e. The van der Waals surface area contributed by atoms with Crippen molar-refractivity contribution < 1.29 is 4.52 Å². The summed E-state index contributed by atoms with van der Waals surface area (Å²) in [6.45, 7) is 7.84. The highest BCUT2D eigenvalue weighted by molar-refractivity contribution is 6.33. The van der Waals surface area contributed by atoms with Gasteiger partial charge in [0.15, 0.2) is 11.5 Å². The van der Waals surface area contributed by atoms with Crippen LogP contribution in [0, 0.1) is 6.92 Å². The molecule has 0 spiro atoms. The Morgan fingerprint density at radius 2 is 2.20 bits per heavy atom. The van der Waals surface area contributed by atoms with Gasteiger partial charge in [-0.05, 0) is 26.3 Å². The van der Waals surface area contributed by atoms with E-state index in [4.69, 9.17) is 16.1 Å². The molecule has 3 rings (SSSR count). The first-order chi connectivity index (χ1) is 9.69. The number of rotatable bonds is 3. The Kier molecular flexibility index (Phi) is 3.76. The van der Waals surface area contributed by atoms with Gasteiger partial charge >= 0.3 is 0 Å². The second-order valence-electron chi connectivity index (χ2n) is 5.11. The highest BCUT2D eigenvalue weighted by atomic mass is 35.5. The molecule has 0 bridgehead atoms. The van der Waals surface area contributed by atoms with E-state index in [2.05, 4.69) is 27.1 Å². The highest BCUT2D eigenvalue weighted by Crippen LogP contribution is 2.31. The lowest BCUT2D eigenvalue weighted by atomic mass is 10.3. The Morgan fingerprint density at radius 3 is 2.90 bits per heavy atom. The summed E-state index contributed by atoms with van der Waals surface area (Å²) in [6.07, 6.45) is 2.22. The predicted molar refractivity (Wildman–Crippen MR) is 75.5 cm³/mol. The minimum absolute atomic E-state index is 0.398. The van der Waals surface area contributed by atoms with Crippen molar-refractivity contribution in [2.45, 2.75) is 39.8 Å². The van der Waals surface area contributed by atoms with Gasteiger partial charge in [0.05, 0.1) is 10.7 Å². The van der Waals surface area contributed by atoms with Gasteiger partial charge in [-0.1, -0.05) is 23.7 Å². The Morgan fingerprint density at radius 1 is 1.35 bits per heavy atom. The molecular weight excluding hydrogens is 278 g/mol. The molecule has 1 aliphatic heterocycles. The van der Waals surface area contributed by atoms with Crippen LogP contribution < -0.4 is 0 Å². The third kappa shape index (κ3) is 2.45. The standard InChI is InChI=1S/C13H18ClN5O/c1-3-5-18-6-4-7-19-10(8-18)11(14)12(16-19)13-15-9(2)17-20-13/h3-8H2,1-2H3. The lowest BCUT2D eigenvalue weighted by Crippen LogP contribution is -2.24. The summed E-state index contributed by atoms with van der Waals surface area (Å²) in [5.41, 5.74) is 1.64. The lowest BCUT2D eigenvalue weighted by molar-refractivity contribution is 0.270. The first-order valence-electron chi connectivity index (χ1n) is 6.97. The van der Waals surface area contributed by atoms with Crippen LogP contribution in [0.15, 0.2) is 4.52 Å². The Labute approximate surface area is 122 Å². The SMILES string of the molecule is CCCN1CCCn2nc(-c3nc(C)no3)c(Cl)c2C1. The third-order valence-corrected chi connectivity index (χ3v) is 3.88. The van der Waals surface area contributed by atoms with Crippen LogP contribution in [0.3, 0.4) is 0 Å². The van der Waals surface area contributed by atoms with Gasteiger partial charge in [0.25, 0.3) is 5.89 Å². The maximum absolute atomic E-state index is 6.49. The molecule has 6 nitrogen and oxygen atoms in total. The first kappa shape index (κ1) is 13.6. The van der Waals surface area contributed by atoms with Crippen molar-refractivity contribution in [3.63, 3.8) is 0 Å². The molecule has 108 valence electrons. The van der Waals surface area contributed by atoms with E-state index in [1.165, 1.54) is 0 Å². The van der Waals surface area contributed by atoms with Crippen LogP contribution in [-0.2, 0) is 13.1 Å². The van der Waals surface area contributed by atoms with Crippen LogP contribution in [0.4, 0.5) is 0 Å².